The molecular weight excluding hydrogens is 321 g/mol. The summed E-state index contributed by atoms with van der Waals surface area (Å²) in [4.78, 5) is 15.3. The third kappa shape index (κ3) is 4.27. The minimum Gasteiger partial charge on any atom is -0.392 e. The number of alkyl halides is 3. The van der Waals surface area contributed by atoms with Gasteiger partial charge in [0.25, 0.3) is 0 Å². The number of β-amino-alcohol motifs (C(OH)–C–C–N with tert-alkyl or cyclic N) is 1. The van der Waals surface area contributed by atoms with E-state index in [9.17, 15) is 23.1 Å². The molecule has 1 amide bonds. The molecule has 0 spiro atoms. The molecule has 1 aliphatic heterocycles. The van der Waals surface area contributed by atoms with E-state index in [-0.39, 0.29) is 30.9 Å². The van der Waals surface area contributed by atoms with Gasteiger partial charge < -0.3 is 10.0 Å². The van der Waals surface area contributed by atoms with Gasteiger partial charge in [-0.3, -0.25) is 9.69 Å². The summed E-state index contributed by atoms with van der Waals surface area (Å²) >= 11 is 0. The van der Waals surface area contributed by atoms with Gasteiger partial charge in [-0.1, -0.05) is 18.2 Å². The van der Waals surface area contributed by atoms with Crippen LogP contribution in [-0.2, 0) is 11.0 Å². The van der Waals surface area contributed by atoms with E-state index >= 15 is 0 Å². The van der Waals surface area contributed by atoms with Crippen molar-refractivity contribution in [3.05, 3.63) is 35.4 Å². The van der Waals surface area contributed by atoms with Gasteiger partial charge >= 0.3 is 6.18 Å². The van der Waals surface area contributed by atoms with E-state index in [0.717, 1.165) is 6.07 Å². The van der Waals surface area contributed by atoms with E-state index in [4.69, 9.17) is 0 Å². The first-order valence-electron chi connectivity index (χ1n) is 8.06. The van der Waals surface area contributed by atoms with Gasteiger partial charge in [0.15, 0.2) is 0 Å². The number of aliphatic hydroxyl groups excluding tert-OH is 1. The Hall–Kier alpha value is -1.60. The summed E-state index contributed by atoms with van der Waals surface area (Å²) in [5.74, 6) is -0.0539. The van der Waals surface area contributed by atoms with Crippen molar-refractivity contribution >= 4 is 5.91 Å². The number of rotatable bonds is 5. The maximum atomic E-state index is 13.2. The average molecular weight is 344 g/mol. The first kappa shape index (κ1) is 18.7. The van der Waals surface area contributed by atoms with Crippen LogP contribution in [0, 0.1) is 0 Å². The standard InChI is InChI=1S/C17H23F3N2O2/c1-3-21(2)16(24)8-9-22-11-12(23)10-15(22)13-6-4-5-7-14(13)17(18,19)20/h4-7,12,15,23H,3,8-11H2,1-2H3/t12-,15-/m0/s1. The maximum Gasteiger partial charge on any atom is 0.416 e. The molecule has 2 atom stereocenters. The van der Waals surface area contributed by atoms with Gasteiger partial charge in [-0.15, -0.1) is 0 Å². The molecule has 0 bridgehead atoms. The number of nitrogens with zero attached hydrogens (tertiary/aromatic N) is 2. The zero-order valence-corrected chi connectivity index (χ0v) is 13.9. The van der Waals surface area contributed by atoms with Crippen molar-refractivity contribution in [3.8, 4) is 0 Å². The Bertz CT molecular complexity index is 577. The molecule has 1 aromatic carbocycles. The predicted octanol–water partition coefficient (Wildman–Crippen LogP) is 2.68. The first-order valence-corrected chi connectivity index (χ1v) is 8.06. The highest BCUT2D eigenvalue weighted by Crippen LogP contribution is 2.40. The number of likely N-dealkylation sites (tertiary alicyclic amines) is 1. The summed E-state index contributed by atoms with van der Waals surface area (Å²) in [5.41, 5.74) is -0.510. The molecule has 1 heterocycles. The lowest BCUT2D eigenvalue weighted by atomic mass is 9.97. The van der Waals surface area contributed by atoms with Crippen LogP contribution in [0.25, 0.3) is 0 Å². The second kappa shape index (κ2) is 7.53. The largest absolute Gasteiger partial charge is 0.416 e. The third-order valence-corrected chi connectivity index (χ3v) is 4.52. The molecule has 1 saturated heterocycles. The topological polar surface area (TPSA) is 43.8 Å². The van der Waals surface area contributed by atoms with Gasteiger partial charge in [0.2, 0.25) is 5.91 Å². The fourth-order valence-corrected chi connectivity index (χ4v) is 3.10. The number of carbonyl (C=O) groups excluding carboxylic acids is 1. The molecule has 24 heavy (non-hydrogen) atoms. The minimum absolute atomic E-state index is 0.0539. The maximum absolute atomic E-state index is 13.2. The lowest BCUT2D eigenvalue weighted by molar-refractivity contribution is -0.139. The molecule has 0 unspecified atom stereocenters. The van der Waals surface area contributed by atoms with Gasteiger partial charge in [0, 0.05) is 39.1 Å². The molecular formula is C17H23F3N2O2. The van der Waals surface area contributed by atoms with Crippen molar-refractivity contribution in [2.45, 2.75) is 38.1 Å². The SMILES string of the molecule is CCN(C)C(=O)CCN1C[C@@H](O)C[C@H]1c1ccccc1C(F)(F)F. The van der Waals surface area contributed by atoms with Crippen molar-refractivity contribution in [3.63, 3.8) is 0 Å². The van der Waals surface area contributed by atoms with Crippen LogP contribution in [0.3, 0.4) is 0 Å². The van der Waals surface area contributed by atoms with Crippen molar-refractivity contribution in [2.75, 3.05) is 26.7 Å². The molecule has 1 fully saturated rings. The van der Waals surface area contributed by atoms with E-state index in [1.54, 1.807) is 22.9 Å². The summed E-state index contributed by atoms with van der Waals surface area (Å²) in [5, 5.41) is 9.93. The van der Waals surface area contributed by atoms with Gasteiger partial charge in [0.05, 0.1) is 11.7 Å². The molecule has 0 saturated carbocycles. The van der Waals surface area contributed by atoms with E-state index < -0.39 is 23.9 Å². The third-order valence-electron chi connectivity index (χ3n) is 4.52. The number of benzene rings is 1. The lowest BCUT2D eigenvalue weighted by Crippen LogP contribution is -2.33. The van der Waals surface area contributed by atoms with E-state index in [1.165, 1.54) is 12.1 Å². The molecule has 4 nitrogen and oxygen atoms in total. The molecule has 1 aromatic rings. The monoisotopic (exact) mass is 344 g/mol. The van der Waals surface area contributed by atoms with Crippen molar-refractivity contribution in [1.82, 2.24) is 9.80 Å². The van der Waals surface area contributed by atoms with Crippen LogP contribution in [0.4, 0.5) is 13.2 Å². The van der Waals surface area contributed by atoms with Gasteiger partial charge in [-0.25, -0.2) is 0 Å². The second-order valence-electron chi connectivity index (χ2n) is 6.14. The van der Waals surface area contributed by atoms with Crippen LogP contribution in [-0.4, -0.2) is 53.6 Å². The van der Waals surface area contributed by atoms with E-state index in [1.807, 2.05) is 6.92 Å². The predicted molar refractivity (Wildman–Crippen MR) is 84.3 cm³/mol. The van der Waals surface area contributed by atoms with Gasteiger partial charge in [-0.2, -0.15) is 13.2 Å². The van der Waals surface area contributed by atoms with Crippen LogP contribution in [0.15, 0.2) is 24.3 Å². The number of aliphatic hydroxyl groups is 1. The number of carbonyl (C=O) groups is 1. The molecule has 2 rings (SSSR count). The normalized spacial score (nSPS) is 21.9. The Morgan fingerprint density at radius 2 is 2.04 bits per heavy atom. The minimum atomic E-state index is -4.44. The Balaban J connectivity index is 2.18. The Labute approximate surface area is 139 Å². The molecule has 1 N–H and O–H groups in total. The summed E-state index contributed by atoms with van der Waals surface area (Å²) in [6.45, 7) is 3.05. The molecule has 0 aliphatic carbocycles. The van der Waals surface area contributed by atoms with Crippen molar-refractivity contribution < 1.29 is 23.1 Å². The van der Waals surface area contributed by atoms with E-state index in [0.29, 0.717) is 13.1 Å². The van der Waals surface area contributed by atoms with Gasteiger partial charge in [0.1, 0.15) is 0 Å². The summed E-state index contributed by atoms with van der Waals surface area (Å²) in [6, 6.07) is 4.93. The molecule has 1 aliphatic rings. The Kier molecular flexibility index (Phi) is 5.87. The number of amides is 1. The number of hydrogen-bond acceptors (Lipinski definition) is 3. The molecule has 0 aromatic heterocycles. The Morgan fingerprint density at radius 3 is 2.67 bits per heavy atom. The summed E-state index contributed by atoms with van der Waals surface area (Å²) < 4.78 is 39.7. The zero-order valence-electron chi connectivity index (χ0n) is 13.9. The lowest BCUT2D eigenvalue weighted by Gasteiger charge is -2.27. The quantitative estimate of drug-likeness (QED) is 0.893. The highest BCUT2D eigenvalue weighted by molar-refractivity contribution is 5.76. The summed E-state index contributed by atoms with van der Waals surface area (Å²) in [6.07, 6.45) is -4.66. The van der Waals surface area contributed by atoms with Crippen molar-refractivity contribution in [2.24, 2.45) is 0 Å². The van der Waals surface area contributed by atoms with Gasteiger partial charge in [-0.05, 0) is 25.0 Å². The van der Waals surface area contributed by atoms with Crippen LogP contribution in [0.2, 0.25) is 0 Å². The second-order valence-corrected chi connectivity index (χ2v) is 6.14. The van der Waals surface area contributed by atoms with Crippen LogP contribution < -0.4 is 0 Å². The zero-order chi connectivity index (χ0) is 17.9. The van der Waals surface area contributed by atoms with E-state index in [2.05, 4.69) is 0 Å². The number of halogens is 3. The smallest absolute Gasteiger partial charge is 0.392 e. The fourth-order valence-electron chi connectivity index (χ4n) is 3.10. The van der Waals surface area contributed by atoms with Crippen LogP contribution >= 0.6 is 0 Å². The number of hydrogen-bond donors (Lipinski definition) is 1. The fraction of sp³-hybridized carbons (Fsp3) is 0.588. The van der Waals surface area contributed by atoms with Crippen LogP contribution in [0.1, 0.15) is 36.9 Å². The molecule has 7 heteroatoms. The summed E-state index contributed by atoms with van der Waals surface area (Å²) in [7, 11) is 1.69. The Morgan fingerprint density at radius 1 is 1.38 bits per heavy atom. The highest BCUT2D eigenvalue weighted by Gasteiger charge is 2.39. The van der Waals surface area contributed by atoms with Crippen LogP contribution in [0.5, 0.6) is 0 Å². The van der Waals surface area contributed by atoms with Crippen molar-refractivity contribution in [1.29, 1.82) is 0 Å². The highest BCUT2D eigenvalue weighted by atomic mass is 19.4. The average Bonchev–Trinajstić information content (AvgIpc) is 2.91. The first-order chi connectivity index (χ1) is 11.2. The molecule has 0 radical (unpaired) electrons. The molecule has 134 valence electrons.